The van der Waals surface area contributed by atoms with E-state index in [1.165, 1.54) is 6.26 Å². The Hall–Kier alpha value is -4.19. The van der Waals surface area contributed by atoms with Gasteiger partial charge < -0.3 is 39.7 Å². The number of piperidine rings is 1. The van der Waals surface area contributed by atoms with Gasteiger partial charge in [0.1, 0.15) is 22.5 Å². The van der Waals surface area contributed by atoms with Gasteiger partial charge in [-0.2, -0.15) is 0 Å². The molecular weight excluding hydrogens is 709 g/mol. The van der Waals surface area contributed by atoms with Crippen molar-refractivity contribution in [2.75, 3.05) is 32.1 Å². The lowest BCUT2D eigenvalue weighted by atomic mass is 9.80. The summed E-state index contributed by atoms with van der Waals surface area (Å²) in [6, 6.07) is 0. The Morgan fingerprint density at radius 3 is 2.39 bits per heavy atom. The number of ketones is 1. The molecule has 11 heteroatoms. The molecule has 0 saturated carbocycles. The van der Waals surface area contributed by atoms with Crippen LogP contribution in [0.15, 0.2) is 58.4 Å². The summed E-state index contributed by atoms with van der Waals surface area (Å²) in [6.45, 7) is 24.8. The number of methoxy groups -OCH3 is 1. The van der Waals surface area contributed by atoms with Crippen molar-refractivity contribution >= 4 is 22.2 Å². The van der Waals surface area contributed by atoms with Crippen LogP contribution in [0.3, 0.4) is 0 Å². The molecule has 1 saturated heterocycles. The number of aliphatic hydroxyl groups excluding tert-OH is 1. The summed E-state index contributed by atoms with van der Waals surface area (Å²) in [5.41, 5.74) is 1.29. The van der Waals surface area contributed by atoms with Crippen molar-refractivity contribution in [2.24, 2.45) is 39.6 Å². The molecule has 4 unspecified atom stereocenters. The number of aliphatic hydroxyl groups is 1. The quantitative estimate of drug-likeness (QED) is 0.238. The number of Topliss-reactive ketones (excluding diaryl/α,β-unsaturated/α-hetero) is 1. The van der Waals surface area contributed by atoms with Crippen molar-refractivity contribution < 1.29 is 34.3 Å². The van der Waals surface area contributed by atoms with Gasteiger partial charge in [0.25, 0.3) is 5.78 Å². The molecule has 5 aliphatic heterocycles. The number of ether oxygens (including phenoxy) is 3. The molecule has 2 aromatic carbocycles. The first-order valence-electron chi connectivity index (χ1n) is 20.3. The second kappa shape index (κ2) is 16.0. The normalized spacial score (nSPS) is 32.0. The first kappa shape index (κ1) is 41.4. The number of anilines is 1. The second-order valence-corrected chi connectivity index (χ2v) is 17.4. The number of carbonyl (C=O) groups is 1. The number of phenolic OH excluding ortho intramolecular Hbond substituents is 2. The van der Waals surface area contributed by atoms with Crippen molar-refractivity contribution in [3.8, 4) is 17.2 Å². The van der Waals surface area contributed by atoms with Crippen LogP contribution in [0, 0.1) is 36.5 Å². The fraction of sp³-hybridized carbons (Fsp3) is 0.578. The molecule has 2 aromatic rings. The summed E-state index contributed by atoms with van der Waals surface area (Å²) in [5.74, 6) is -1.87. The van der Waals surface area contributed by atoms with Crippen molar-refractivity contribution in [1.29, 1.82) is 0 Å². The Bertz CT molecular complexity index is 2100. The third-order valence-electron chi connectivity index (χ3n) is 12.3. The number of nitrogens with one attached hydrogen (secondary N) is 1. The number of carbonyl (C=O) groups excluding carboxylic acids is 1. The Labute approximate surface area is 331 Å². The maximum atomic E-state index is 14.6. The molecule has 1 spiro atoms. The number of rotatable bonds is 3. The average molecular weight is 771 g/mol. The van der Waals surface area contributed by atoms with Gasteiger partial charge in [0.05, 0.1) is 34.8 Å². The van der Waals surface area contributed by atoms with Crippen molar-refractivity contribution in [1.82, 2.24) is 4.90 Å². The van der Waals surface area contributed by atoms with E-state index in [-0.39, 0.29) is 69.0 Å². The Morgan fingerprint density at radius 2 is 1.73 bits per heavy atom. The third-order valence-corrected chi connectivity index (χ3v) is 12.3. The van der Waals surface area contributed by atoms with Gasteiger partial charge in [0.2, 0.25) is 0 Å². The van der Waals surface area contributed by atoms with Crippen molar-refractivity contribution in [3.63, 3.8) is 0 Å². The molecule has 56 heavy (non-hydrogen) atoms. The molecule has 0 aromatic heterocycles. The van der Waals surface area contributed by atoms with Gasteiger partial charge in [-0.15, -0.1) is 0 Å². The lowest BCUT2D eigenvalue weighted by Crippen LogP contribution is -2.43. The molecule has 4 N–H and O–H groups in total. The molecule has 7 rings (SSSR count). The molecule has 304 valence electrons. The average Bonchev–Trinajstić information content (AvgIpc) is 3.64. The van der Waals surface area contributed by atoms with Gasteiger partial charge >= 0.3 is 5.79 Å². The van der Waals surface area contributed by atoms with Gasteiger partial charge in [-0.25, -0.2) is 0 Å². The second-order valence-electron chi connectivity index (χ2n) is 17.4. The van der Waals surface area contributed by atoms with Gasteiger partial charge in [0.15, 0.2) is 11.4 Å². The van der Waals surface area contributed by atoms with E-state index in [4.69, 9.17) is 24.2 Å². The number of allylic oxidation sites excluding steroid dienone is 5. The zero-order valence-corrected chi connectivity index (χ0v) is 34.9. The van der Waals surface area contributed by atoms with Crippen LogP contribution < -0.4 is 20.8 Å². The number of aromatic hydroxyl groups is 2. The highest BCUT2D eigenvalue weighted by atomic mass is 16.7. The highest BCUT2D eigenvalue weighted by molar-refractivity contribution is 6.19. The molecule has 0 amide bonds. The number of phenols is 2. The zero-order valence-electron chi connectivity index (χ0n) is 34.9. The first-order chi connectivity index (χ1) is 26.4. The maximum Gasteiger partial charge on any atom is 0.312 e. The van der Waals surface area contributed by atoms with Gasteiger partial charge in [-0.05, 0) is 62.0 Å². The van der Waals surface area contributed by atoms with Crippen LogP contribution in [-0.4, -0.2) is 76.4 Å². The summed E-state index contributed by atoms with van der Waals surface area (Å²) >= 11 is 0. The van der Waals surface area contributed by atoms with Crippen LogP contribution in [0.4, 0.5) is 5.69 Å². The van der Waals surface area contributed by atoms with Crippen LogP contribution >= 0.6 is 0 Å². The maximum absolute atomic E-state index is 14.6. The third kappa shape index (κ3) is 7.62. The van der Waals surface area contributed by atoms with E-state index in [0.29, 0.717) is 47.2 Å². The molecule has 5 aliphatic rings. The summed E-state index contributed by atoms with van der Waals surface area (Å²) in [4.78, 5) is 27.6. The van der Waals surface area contributed by atoms with E-state index < -0.39 is 23.3 Å². The smallest absolute Gasteiger partial charge is 0.312 e. The van der Waals surface area contributed by atoms with Gasteiger partial charge in [-0.3, -0.25) is 14.8 Å². The minimum absolute atomic E-state index is 0.0205. The van der Waals surface area contributed by atoms with Crippen LogP contribution in [0.25, 0.3) is 10.8 Å². The molecule has 0 radical (unpaired) electrons. The molecule has 1 fully saturated rings. The van der Waals surface area contributed by atoms with Crippen LogP contribution in [-0.2, 0) is 9.47 Å². The largest absolute Gasteiger partial charge is 0.507 e. The topological polar surface area (TPSA) is 145 Å². The number of nitrogens with zero attached hydrogens (tertiary/aromatic N) is 3. The first-order valence-corrected chi connectivity index (χ1v) is 20.3. The number of likely N-dealkylation sites (tertiary alicyclic amines) is 1. The Morgan fingerprint density at radius 1 is 1.05 bits per heavy atom. The standard InChI is InChI=1S/C45H62N4O7/c1-24(2)23-49-19-17-45(18-20-49)47-35-32-33-39(51)30(8)42-34(32)43(53)44(10,56-42)55-21-13-16-27(5)41(54-11)29(7)38(50)28(6)22-25(3)14-12-15-26(4)31(9)46-37(40(33)52)36(35)48-45/h12-15,21,24-25,27-29,38,41,46,50-52H,9,16-20,22-23H2,1-8,10-11H3/b14-12+,21-13+,26-15-/t25?,27-,28-,29-,38?,41?,44?/m1/s1. The predicted octanol–water partition coefficient (Wildman–Crippen LogP) is 7.22. The van der Waals surface area contributed by atoms with E-state index in [9.17, 15) is 20.1 Å². The number of fused-ring (bicyclic) bond motifs is 13. The fourth-order valence-electron chi connectivity index (χ4n) is 9.09. The fourth-order valence-corrected chi connectivity index (χ4v) is 9.09. The van der Waals surface area contributed by atoms with E-state index in [2.05, 4.69) is 57.5 Å². The monoisotopic (exact) mass is 770 g/mol. The highest BCUT2D eigenvalue weighted by Gasteiger charge is 2.50. The molecule has 11 nitrogen and oxygen atoms in total. The SMILES string of the molecule is C=C1Nc2c(O)c3c(O)c(C)c4c(c3c3c2=NC2(CCN(CC(C)C)CC2)N=3)C(=O)C(C)(O/C=C/C[C@@H](C)C(OC)[C@H](C)C(O)[C@H](C)CC(C)/C=C/C=C\1C)O4. The minimum Gasteiger partial charge on any atom is -0.507 e. The summed E-state index contributed by atoms with van der Waals surface area (Å²) < 4.78 is 18.4. The van der Waals surface area contributed by atoms with Crippen LogP contribution in [0.5, 0.6) is 17.2 Å². The minimum atomic E-state index is -1.75. The zero-order chi connectivity index (χ0) is 40.9. The molecule has 7 atom stereocenters. The highest BCUT2D eigenvalue weighted by Crippen LogP contribution is 2.50. The molecular formula is C45H62N4O7. The molecule has 5 bridgehead atoms. The summed E-state index contributed by atoms with van der Waals surface area (Å²) in [5, 5.41) is 39.9. The van der Waals surface area contributed by atoms with Gasteiger partial charge in [-0.1, -0.05) is 66.3 Å². The van der Waals surface area contributed by atoms with E-state index in [1.54, 1.807) is 21.0 Å². The number of benzene rings is 2. The van der Waals surface area contributed by atoms with E-state index in [0.717, 1.165) is 31.6 Å². The summed E-state index contributed by atoms with van der Waals surface area (Å²) in [7, 11) is 1.67. The van der Waals surface area contributed by atoms with Crippen LogP contribution in [0.2, 0.25) is 0 Å². The number of hydrogen-bond donors (Lipinski definition) is 4. The lowest BCUT2D eigenvalue weighted by Gasteiger charge is -2.36. The number of hydrogen-bond acceptors (Lipinski definition) is 11. The lowest BCUT2D eigenvalue weighted by molar-refractivity contribution is -0.0847. The summed E-state index contributed by atoms with van der Waals surface area (Å²) in [6.07, 6.45) is 11.3. The Balaban J connectivity index is 1.51. The van der Waals surface area contributed by atoms with E-state index in [1.807, 2.05) is 32.1 Å². The van der Waals surface area contributed by atoms with E-state index >= 15 is 0 Å². The Kier molecular flexibility index (Phi) is 11.8. The van der Waals surface area contributed by atoms with Crippen molar-refractivity contribution in [2.45, 2.75) is 112 Å². The van der Waals surface area contributed by atoms with Crippen molar-refractivity contribution in [3.05, 3.63) is 70.3 Å². The molecule has 0 aliphatic carbocycles. The van der Waals surface area contributed by atoms with Gasteiger partial charge in [0, 0.05) is 69.1 Å². The van der Waals surface area contributed by atoms with Crippen LogP contribution in [0.1, 0.15) is 97.0 Å². The molecule has 5 heterocycles. The predicted molar refractivity (Wildman–Crippen MR) is 220 cm³/mol.